The standard InChI is InChI=1S/C15H27N3/c1-5-6-7-10-18(4)15-8-9-16-11-14(15)12-17-13(2)3/h8-9,11,13,17H,5-7,10,12H2,1-4H3. The molecule has 0 aliphatic heterocycles. The van der Waals surface area contributed by atoms with Crippen molar-refractivity contribution in [2.45, 2.75) is 52.6 Å². The minimum absolute atomic E-state index is 0.503. The van der Waals surface area contributed by atoms with E-state index in [1.54, 1.807) is 0 Å². The molecule has 3 heteroatoms. The molecule has 0 saturated carbocycles. The monoisotopic (exact) mass is 249 g/mol. The first-order valence-electron chi connectivity index (χ1n) is 7.02. The third-order valence-corrected chi connectivity index (χ3v) is 3.09. The van der Waals surface area contributed by atoms with Crippen molar-refractivity contribution in [3.8, 4) is 0 Å². The molecule has 0 radical (unpaired) electrons. The third kappa shape index (κ3) is 5.05. The number of anilines is 1. The average Bonchev–Trinajstić information content (AvgIpc) is 2.37. The van der Waals surface area contributed by atoms with Gasteiger partial charge in [0.05, 0.1) is 0 Å². The molecule has 0 aliphatic rings. The molecular formula is C15H27N3. The molecule has 1 aromatic heterocycles. The van der Waals surface area contributed by atoms with Gasteiger partial charge in [-0.25, -0.2) is 0 Å². The number of unbranched alkanes of at least 4 members (excludes halogenated alkanes) is 2. The maximum absolute atomic E-state index is 4.24. The second kappa shape index (κ2) is 8.09. The molecule has 0 saturated heterocycles. The van der Waals surface area contributed by atoms with Gasteiger partial charge in [-0.2, -0.15) is 0 Å². The van der Waals surface area contributed by atoms with E-state index < -0.39 is 0 Å². The quantitative estimate of drug-likeness (QED) is 0.717. The number of nitrogens with zero attached hydrogens (tertiary/aromatic N) is 2. The fraction of sp³-hybridized carbons (Fsp3) is 0.667. The molecule has 0 bridgehead atoms. The van der Waals surface area contributed by atoms with Crippen LogP contribution in [-0.4, -0.2) is 24.6 Å². The van der Waals surface area contributed by atoms with Crippen LogP contribution in [0.5, 0.6) is 0 Å². The van der Waals surface area contributed by atoms with Gasteiger partial charge in [0.1, 0.15) is 0 Å². The van der Waals surface area contributed by atoms with Gasteiger partial charge in [-0.1, -0.05) is 33.6 Å². The van der Waals surface area contributed by atoms with Gasteiger partial charge < -0.3 is 10.2 Å². The summed E-state index contributed by atoms with van der Waals surface area (Å²) >= 11 is 0. The number of nitrogens with one attached hydrogen (secondary N) is 1. The summed E-state index contributed by atoms with van der Waals surface area (Å²) in [6.07, 6.45) is 7.68. The number of hydrogen-bond donors (Lipinski definition) is 1. The highest BCUT2D eigenvalue weighted by Crippen LogP contribution is 2.18. The van der Waals surface area contributed by atoms with Crippen LogP contribution >= 0.6 is 0 Å². The molecular weight excluding hydrogens is 222 g/mol. The fourth-order valence-electron chi connectivity index (χ4n) is 1.96. The van der Waals surface area contributed by atoms with Crippen molar-refractivity contribution >= 4 is 5.69 Å². The second-order valence-corrected chi connectivity index (χ2v) is 5.17. The number of aromatic nitrogens is 1. The van der Waals surface area contributed by atoms with E-state index in [2.05, 4.69) is 49.1 Å². The Bertz CT molecular complexity index is 336. The Morgan fingerprint density at radius 3 is 2.78 bits per heavy atom. The van der Waals surface area contributed by atoms with Crippen molar-refractivity contribution in [3.63, 3.8) is 0 Å². The van der Waals surface area contributed by atoms with Crippen LogP contribution in [-0.2, 0) is 6.54 Å². The Morgan fingerprint density at radius 2 is 2.11 bits per heavy atom. The first-order chi connectivity index (χ1) is 8.65. The minimum Gasteiger partial charge on any atom is -0.374 e. The van der Waals surface area contributed by atoms with E-state index in [9.17, 15) is 0 Å². The number of rotatable bonds is 8. The highest BCUT2D eigenvalue weighted by atomic mass is 15.1. The first-order valence-corrected chi connectivity index (χ1v) is 7.02. The molecule has 1 aromatic rings. The van der Waals surface area contributed by atoms with Crippen LogP contribution in [0.1, 0.15) is 45.6 Å². The Balaban J connectivity index is 2.62. The summed E-state index contributed by atoms with van der Waals surface area (Å²) in [5.41, 5.74) is 2.58. The Kier molecular flexibility index (Phi) is 6.73. The maximum Gasteiger partial charge on any atom is 0.0440 e. The van der Waals surface area contributed by atoms with Crippen LogP contribution in [0.25, 0.3) is 0 Å². The minimum atomic E-state index is 0.503. The van der Waals surface area contributed by atoms with Gasteiger partial charge in [0, 0.05) is 49.8 Å². The lowest BCUT2D eigenvalue weighted by molar-refractivity contribution is 0.587. The summed E-state index contributed by atoms with van der Waals surface area (Å²) in [5.74, 6) is 0. The van der Waals surface area contributed by atoms with Crippen molar-refractivity contribution in [1.29, 1.82) is 0 Å². The molecule has 1 heterocycles. The molecule has 1 rings (SSSR count). The molecule has 18 heavy (non-hydrogen) atoms. The lowest BCUT2D eigenvalue weighted by Gasteiger charge is -2.22. The molecule has 102 valence electrons. The zero-order valence-corrected chi connectivity index (χ0v) is 12.2. The first kappa shape index (κ1) is 15.0. The SMILES string of the molecule is CCCCCN(C)c1ccncc1CNC(C)C. The van der Waals surface area contributed by atoms with Crippen molar-refractivity contribution in [1.82, 2.24) is 10.3 Å². The van der Waals surface area contributed by atoms with Crippen LogP contribution in [0.2, 0.25) is 0 Å². The fourth-order valence-corrected chi connectivity index (χ4v) is 1.96. The van der Waals surface area contributed by atoms with Crippen LogP contribution in [0.15, 0.2) is 18.5 Å². The van der Waals surface area contributed by atoms with Gasteiger partial charge in [0.15, 0.2) is 0 Å². The zero-order chi connectivity index (χ0) is 13.4. The predicted molar refractivity (Wildman–Crippen MR) is 79.0 cm³/mol. The lowest BCUT2D eigenvalue weighted by Crippen LogP contribution is -2.25. The van der Waals surface area contributed by atoms with Crippen LogP contribution in [0.4, 0.5) is 5.69 Å². The zero-order valence-electron chi connectivity index (χ0n) is 12.2. The Labute approximate surface area is 112 Å². The van der Waals surface area contributed by atoms with E-state index in [0.29, 0.717) is 6.04 Å². The summed E-state index contributed by atoms with van der Waals surface area (Å²) in [7, 11) is 2.17. The van der Waals surface area contributed by atoms with Crippen LogP contribution in [0, 0.1) is 0 Å². The topological polar surface area (TPSA) is 28.2 Å². The lowest BCUT2D eigenvalue weighted by atomic mass is 10.2. The van der Waals surface area contributed by atoms with Crippen molar-refractivity contribution in [2.24, 2.45) is 0 Å². The van der Waals surface area contributed by atoms with Gasteiger partial charge in [-0.05, 0) is 12.5 Å². The molecule has 0 atom stereocenters. The van der Waals surface area contributed by atoms with E-state index in [4.69, 9.17) is 0 Å². The van der Waals surface area contributed by atoms with E-state index in [-0.39, 0.29) is 0 Å². The highest BCUT2D eigenvalue weighted by molar-refractivity contribution is 5.51. The molecule has 0 aromatic carbocycles. The molecule has 0 unspecified atom stereocenters. The highest BCUT2D eigenvalue weighted by Gasteiger charge is 2.07. The third-order valence-electron chi connectivity index (χ3n) is 3.09. The summed E-state index contributed by atoms with van der Waals surface area (Å²) in [6, 6.07) is 2.62. The number of hydrogen-bond acceptors (Lipinski definition) is 3. The summed E-state index contributed by atoms with van der Waals surface area (Å²) in [4.78, 5) is 6.58. The van der Waals surface area contributed by atoms with Crippen molar-refractivity contribution in [3.05, 3.63) is 24.0 Å². The predicted octanol–water partition coefficient (Wildman–Crippen LogP) is 3.21. The molecule has 0 spiro atoms. The Hall–Kier alpha value is -1.09. The van der Waals surface area contributed by atoms with Crippen LogP contribution in [0.3, 0.4) is 0 Å². The van der Waals surface area contributed by atoms with Crippen molar-refractivity contribution < 1.29 is 0 Å². The molecule has 0 fully saturated rings. The van der Waals surface area contributed by atoms with Crippen LogP contribution < -0.4 is 10.2 Å². The van der Waals surface area contributed by atoms with E-state index in [1.807, 2.05) is 12.4 Å². The van der Waals surface area contributed by atoms with Gasteiger partial charge in [0.25, 0.3) is 0 Å². The maximum atomic E-state index is 4.24. The summed E-state index contributed by atoms with van der Waals surface area (Å²) in [6.45, 7) is 8.58. The number of pyridine rings is 1. The van der Waals surface area contributed by atoms with Crippen molar-refractivity contribution in [2.75, 3.05) is 18.5 Å². The second-order valence-electron chi connectivity index (χ2n) is 5.17. The smallest absolute Gasteiger partial charge is 0.0440 e. The average molecular weight is 249 g/mol. The van der Waals surface area contributed by atoms with E-state index in [1.165, 1.54) is 30.5 Å². The van der Waals surface area contributed by atoms with E-state index in [0.717, 1.165) is 13.1 Å². The van der Waals surface area contributed by atoms with Gasteiger partial charge in [-0.3, -0.25) is 4.98 Å². The molecule has 3 nitrogen and oxygen atoms in total. The normalized spacial score (nSPS) is 10.9. The summed E-state index contributed by atoms with van der Waals surface area (Å²) < 4.78 is 0. The van der Waals surface area contributed by atoms with E-state index >= 15 is 0 Å². The largest absolute Gasteiger partial charge is 0.374 e. The molecule has 0 amide bonds. The van der Waals surface area contributed by atoms with Gasteiger partial charge >= 0.3 is 0 Å². The molecule has 1 N–H and O–H groups in total. The summed E-state index contributed by atoms with van der Waals surface area (Å²) in [5, 5.41) is 3.46. The molecule has 0 aliphatic carbocycles. The van der Waals surface area contributed by atoms with Gasteiger partial charge in [-0.15, -0.1) is 0 Å². The van der Waals surface area contributed by atoms with Gasteiger partial charge in [0.2, 0.25) is 0 Å². The Morgan fingerprint density at radius 1 is 1.33 bits per heavy atom.